The number of alkyl halides is 3. The van der Waals surface area contributed by atoms with Gasteiger partial charge in [0.2, 0.25) is 5.91 Å². The predicted octanol–water partition coefficient (Wildman–Crippen LogP) is 4.83. The molecule has 0 bridgehead atoms. The number of ether oxygens (including phenoxy) is 1. The van der Waals surface area contributed by atoms with Crippen molar-refractivity contribution in [2.45, 2.75) is 32.0 Å². The van der Waals surface area contributed by atoms with Crippen LogP contribution in [0.1, 0.15) is 46.3 Å². The van der Waals surface area contributed by atoms with E-state index in [4.69, 9.17) is 4.74 Å². The number of ketones is 1. The molecule has 1 N–H and O–H groups in total. The third-order valence-corrected chi connectivity index (χ3v) is 5.75. The average Bonchev–Trinajstić information content (AvgIpc) is 3.64. The van der Waals surface area contributed by atoms with Crippen LogP contribution in [0.4, 0.5) is 13.2 Å². The molecule has 1 aliphatic rings. The van der Waals surface area contributed by atoms with E-state index in [0.717, 1.165) is 23.8 Å². The molecule has 35 heavy (non-hydrogen) atoms. The first-order valence-corrected chi connectivity index (χ1v) is 10.6. The van der Waals surface area contributed by atoms with Crippen LogP contribution in [0.2, 0.25) is 0 Å². The number of carbonyl (C=O) groups is 2. The number of amides is 1. The number of nitriles is 1. The molecule has 0 atom stereocenters. The number of hydrogen-bond acceptors (Lipinski definition) is 6. The molecule has 7 nitrogen and oxygen atoms in total. The lowest BCUT2D eigenvalue weighted by molar-refractivity contribution is -0.137. The summed E-state index contributed by atoms with van der Waals surface area (Å²) in [4.78, 5) is 32.8. The van der Waals surface area contributed by atoms with Crippen molar-refractivity contribution in [1.82, 2.24) is 15.3 Å². The first-order chi connectivity index (χ1) is 16.7. The molecule has 1 amide bonds. The smallest absolute Gasteiger partial charge is 0.416 e. The highest BCUT2D eigenvalue weighted by atomic mass is 19.4. The van der Waals surface area contributed by atoms with Gasteiger partial charge in [0.15, 0.2) is 5.78 Å². The van der Waals surface area contributed by atoms with Crippen molar-refractivity contribution in [3.63, 3.8) is 0 Å². The molecule has 2 aromatic carbocycles. The van der Waals surface area contributed by atoms with E-state index in [2.05, 4.69) is 15.3 Å². The maximum atomic E-state index is 12.9. The summed E-state index contributed by atoms with van der Waals surface area (Å²) in [7, 11) is 0. The van der Waals surface area contributed by atoms with Gasteiger partial charge in [0.1, 0.15) is 23.9 Å². The lowest BCUT2D eigenvalue weighted by Gasteiger charge is -2.15. The van der Waals surface area contributed by atoms with Crippen LogP contribution >= 0.6 is 0 Å². The largest absolute Gasteiger partial charge is 0.456 e. The van der Waals surface area contributed by atoms with Gasteiger partial charge >= 0.3 is 6.18 Å². The fourth-order valence-corrected chi connectivity index (χ4v) is 3.54. The summed E-state index contributed by atoms with van der Waals surface area (Å²) in [5.74, 6) is -0.0532. The predicted molar refractivity (Wildman–Crippen MR) is 117 cm³/mol. The summed E-state index contributed by atoms with van der Waals surface area (Å²) >= 11 is 0. The first kappa shape index (κ1) is 23.9. The first-order valence-electron chi connectivity index (χ1n) is 10.6. The van der Waals surface area contributed by atoms with Crippen LogP contribution in [-0.4, -0.2) is 21.7 Å². The number of Topliss-reactive ketones (excluding diaryl/α,β-unsaturated/α-hetero) is 1. The highest BCUT2D eigenvalue weighted by Gasteiger charge is 2.51. The van der Waals surface area contributed by atoms with Crippen LogP contribution in [0.5, 0.6) is 11.5 Å². The molecule has 0 aliphatic heterocycles. The van der Waals surface area contributed by atoms with Crippen LogP contribution < -0.4 is 10.1 Å². The minimum Gasteiger partial charge on any atom is -0.456 e. The summed E-state index contributed by atoms with van der Waals surface area (Å²) in [6.07, 6.45) is 0.970. The normalized spacial score (nSPS) is 14.0. The molecule has 1 aliphatic carbocycles. The number of benzene rings is 2. The van der Waals surface area contributed by atoms with E-state index < -0.39 is 17.2 Å². The Morgan fingerprint density at radius 2 is 1.77 bits per heavy atom. The molecule has 0 saturated heterocycles. The Balaban J connectivity index is 1.34. The van der Waals surface area contributed by atoms with Gasteiger partial charge in [-0.25, -0.2) is 9.97 Å². The molecular formula is C25H19F3N4O3. The van der Waals surface area contributed by atoms with E-state index in [9.17, 15) is 28.0 Å². The molecule has 1 heterocycles. The third kappa shape index (κ3) is 5.63. The molecule has 10 heteroatoms. The molecular weight excluding hydrogens is 461 g/mol. The second-order valence-electron chi connectivity index (χ2n) is 8.26. The summed E-state index contributed by atoms with van der Waals surface area (Å²) in [6.45, 7) is 0.229. The van der Waals surface area contributed by atoms with Crippen LogP contribution in [0.25, 0.3) is 0 Å². The SMILES string of the molecule is N#Cc1cc(C(F)(F)F)ccc1Oc1ccc(CNC(=O)C2(CC(=O)c3cncnc3)CC2)cc1. The molecule has 1 saturated carbocycles. The number of hydrogen-bond donors (Lipinski definition) is 1. The van der Waals surface area contributed by atoms with Crippen molar-refractivity contribution >= 4 is 11.7 Å². The summed E-state index contributed by atoms with van der Waals surface area (Å²) in [5.41, 5.74) is -0.749. The highest BCUT2D eigenvalue weighted by molar-refractivity contribution is 6.00. The topological polar surface area (TPSA) is 105 Å². The number of nitrogens with one attached hydrogen (secondary N) is 1. The van der Waals surface area contributed by atoms with Crippen LogP contribution in [-0.2, 0) is 17.5 Å². The standard InChI is InChI=1S/C25H19F3N4O3/c26-25(27,28)19-3-6-22(17(9-19)11-29)35-20-4-1-16(2-5-20)12-32-23(34)24(7-8-24)10-21(33)18-13-30-15-31-14-18/h1-6,9,13-15H,7-8,10,12H2,(H,32,34). The Bertz CT molecular complexity index is 1280. The van der Waals surface area contributed by atoms with Gasteiger partial charge in [-0.05, 0) is 48.7 Å². The fourth-order valence-electron chi connectivity index (χ4n) is 3.54. The lowest BCUT2D eigenvalue weighted by Crippen LogP contribution is -2.33. The Hall–Kier alpha value is -4.26. The van der Waals surface area contributed by atoms with Gasteiger partial charge in [0.05, 0.1) is 22.1 Å². The lowest BCUT2D eigenvalue weighted by atomic mass is 9.95. The molecule has 178 valence electrons. The Kier molecular flexibility index (Phi) is 6.51. The fraction of sp³-hybridized carbons (Fsp3) is 0.240. The van der Waals surface area contributed by atoms with Crippen molar-refractivity contribution < 1.29 is 27.5 Å². The van der Waals surface area contributed by atoms with Crippen molar-refractivity contribution in [3.05, 3.63) is 83.4 Å². The maximum Gasteiger partial charge on any atom is 0.416 e. The van der Waals surface area contributed by atoms with Gasteiger partial charge in [-0.2, -0.15) is 18.4 Å². The zero-order chi connectivity index (χ0) is 25.1. The van der Waals surface area contributed by atoms with Crippen molar-refractivity contribution in [2.24, 2.45) is 5.41 Å². The molecule has 0 unspecified atom stereocenters. The van der Waals surface area contributed by atoms with E-state index in [-0.39, 0.29) is 36.0 Å². The van der Waals surface area contributed by atoms with Gasteiger partial charge in [-0.15, -0.1) is 0 Å². The monoisotopic (exact) mass is 480 g/mol. The zero-order valence-corrected chi connectivity index (χ0v) is 18.3. The van der Waals surface area contributed by atoms with Crippen molar-refractivity contribution in [1.29, 1.82) is 5.26 Å². The van der Waals surface area contributed by atoms with E-state index in [1.165, 1.54) is 18.7 Å². The summed E-state index contributed by atoms with van der Waals surface area (Å²) in [5, 5.41) is 12.0. The highest BCUT2D eigenvalue weighted by Crippen LogP contribution is 2.49. The van der Waals surface area contributed by atoms with Gasteiger partial charge in [-0.3, -0.25) is 9.59 Å². The number of halogens is 3. The minimum absolute atomic E-state index is 0.00529. The molecule has 0 spiro atoms. The van der Waals surface area contributed by atoms with E-state index in [1.54, 1.807) is 30.3 Å². The number of carbonyl (C=O) groups excluding carboxylic acids is 2. The third-order valence-electron chi connectivity index (χ3n) is 5.75. The Labute approximate surface area is 198 Å². The molecule has 4 rings (SSSR count). The van der Waals surface area contributed by atoms with E-state index >= 15 is 0 Å². The van der Waals surface area contributed by atoms with Crippen LogP contribution in [0.15, 0.2) is 61.2 Å². The van der Waals surface area contributed by atoms with Crippen molar-refractivity contribution in [3.8, 4) is 17.6 Å². The van der Waals surface area contributed by atoms with Crippen LogP contribution in [0, 0.1) is 16.7 Å². The second-order valence-corrected chi connectivity index (χ2v) is 8.26. The quantitative estimate of drug-likeness (QED) is 0.463. The Morgan fingerprint density at radius 1 is 1.09 bits per heavy atom. The number of nitrogens with zero attached hydrogens (tertiary/aromatic N) is 3. The van der Waals surface area contributed by atoms with E-state index in [0.29, 0.717) is 24.2 Å². The summed E-state index contributed by atoms with van der Waals surface area (Å²) in [6, 6.07) is 11.0. The number of aromatic nitrogens is 2. The van der Waals surface area contributed by atoms with Crippen LogP contribution in [0.3, 0.4) is 0 Å². The zero-order valence-electron chi connectivity index (χ0n) is 18.3. The minimum atomic E-state index is -4.56. The van der Waals surface area contributed by atoms with Crippen molar-refractivity contribution in [2.75, 3.05) is 0 Å². The molecule has 1 fully saturated rings. The van der Waals surface area contributed by atoms with E-state index in [1.807, 2.05) is 0 Å². The summed E-state index contributed by atoms with van der Waals surface area (Å²) < 4.78 is 44.1. The molecule has 1 aromatic heterocycles. The number of rotatable bonds is 8. The Morgan fingerprint density at radius 3 is 2.37 bits per heavy atom. The van der Waals surface area contributed by atoms with Gasteiger partial charge < -0.3 is 10.1 Å². The van der Waals surface area contributed by atoms with Gasteiger partial charge in [0.25, 0.3) is 0 Å². The molecule has 3 aromatic rings. The average molecular weight is 480 g/mol. The second kappa shape index (κ2) is 9.54. The van der Waals surface area contributed by atoms with Gasteiger partial charge in [-0.1, -0.05) is 12.1 Å². The maximum absolute atomic E-state index is 12.9. The van der Waals surface area contributed by atoms with Gasteiger partial charge in [0, 0.05) is 25.4 Å². The molecule has 0 radical (unpaired) electrons.